The molecule has 0 fully saturated rings. The van der Waals surface area contributed by atoms with Crippen LogP contribution in [0.4, 0.5) is 4.39 Å². The van der Waals surface area contributed by atoms with Crippen LogP contribution >= 0.6 is 0 Å². The van der Waals surface area contributed by atoms with Gasteiger partial charge in [-0.15, -0.1) is 0 Å². The minimum Gasteiger partial charge on any atom is -0.352 e. The first kappa shape index (κ1) is 10.7. The van der Waals surface area contributed by atoms with E-state index in [0.717, 1.165) is 12.0 Å². The molecule has 0 aromatic heterocycles. The second kappa shape index (κ2) is 5.37. The maximum absolute atomic E-state index is 12.7. The standard InChI is InChI=1S/C11H14FNO/c1-2-4-11(14)13-8-9-5-3-6-10(12)7-9/h3,5-7H,2,4,8H2,1H3,(H,13,14). The lowest BCUT2D eigenvalue weighted by Crippen LogP contribution is -2.22. The molecule has 1 rings (SSSR count). The van der Waals surface area contributed by atoms with E-state index in [1.54, 1.807) is 12.1 Å². The van der Waals surface area contributed by atoms with Gasteiger partial charge in [0.2, 0.25) is 5.91 Å². The first-order valence-electron chi connectivity index (χ1n) is 4.73. The van der Waals surface area contributed by atoms with E-state index in [0.29, 0.717) is 13.0 Å². The van der Waals surface area contributed by atoms with Crippen LogP contribution in [0.25, 0.3) is 0 Å². The minimum atomic E-state index is -0.271. The third-order valence-corrected chi connectivity index (χ3v) is 1.86. The van der Waals surface area contributed by atoms with Gasteiger partial charge in [-0.3, -0.25) is 4.79 Å². The van der Waals surface area contributed by atoms with Gasteiger partial charge in [-0.2, -0.15) is 0 Å². The molecule has 0 saturated heterocycles. The Hall–Kier alpha value is -1.38. The van der Waals surface area contributed by atoms with Crippen LogP contribution in [-0.2, 0) is 11.3 Å². The monoisotopic (exact) mass is 195 g/mol. The molecule has 1 amide bonds. The molecular weight excluding hydrogens is 181 g/mol. The number of carbonyl (C=O) groups is 1. The average molecular weight is 195 g/mol. The van der Waals surface area contributed by atoms with Crippen LogP contribution in [0, 0.1) is 5.82 Å². The van der Waals surface area contributed by atoms with E-state index in [1.807, 2.05) is 6.92 Å². The van der Waals surface area contributed by atoms with Crippen molar-refractivity contribution in [3.8, 4) is 0 Å². The number of rotatable bonds is 4. The summed E-state index contributed by atoms with van der Waals surface area (Å²) in [7, 11) is 0. The summed E-state index contributed by atoms with van der Waals surface area (Å²) in [4.78, 5) is 11.1. The molecule has 2 nitrogen and oxygen atoms in total. The van der Waals surface area contributed by atoms with Gasteiger partial charge in [0.1, 0.15) is 5.82 Å². The number of benzene rings is 1. The van der Waals surface area contributed by atoms with Gasteiger partial charge in [0.15, 0.2) is 0 Å². The lowest BCUT2D eigenvalue weighted by Gasteiger charge is -2.03. The number of amides is 1. The van der Waals surface area contributed by atoms with Crippen molar-refractivity contribution in [1.29, 1.82) is 0 Å². The van der Waals surface area contributed by atoms with Crippen molar-refractivity contribution >= 4 is 5.91 Å². The second-order valence-corrected chi connectivity index (χ2v) is 3.16. The molecule has 0 bridgehead atoms. The van der Waals surface area contributed by atoms with E-state index in [2.05, 4.69) is 5.32 Å². The fourth-order valence-electron chi connectivity index (χ4n) is 1.16. The van der Waals surface area contributed by atoms with Crippen molar-refractivity contribution in [1.82, 2.24) is 5.32 Å². The van der Waals surface area contributed by atoms with Gasteiger partial charge in [-0.05, 0) is 24.1 Å². The van der Waals surface area contributed by atoms with E-state index in [4.69, 9.17) is 0 Å². The fourth-order valence-corrected chi connectivity index (χ4v) is 1.16. The zero-order valence-corrected chi connectivity index (χ0v) is 8.22. The topological polar surface area (TPSA) is 29.1 Å². The van der Waals surface area contributed by atoms with E-state index < -0.39 is 0 Å². The van der Waals surface area contributed by atoms with Crippen molar-refractivity contribution < 1.29 is 9.18 Å². The van der Waals surface area contributed by atoms with Crippen molar-refractivity contribution in [2.75, 3.05) is 0 Å². The molecular formula is C11H14FNO. The highest BCUT2D eigenvalue weighted by molar-refractivity contribution is 5.75. The normalized spacial score (nSPS) is 9.86. The predicted octanol–water partition coefficient (Wildman–Crippen LogP) is 2.24. The summed E-state index contributed by atoms with van der Waals surface area (Å²) in [5, 5.41) is 2.72. The zero-order valence-electron chi connectivity index (χ0n) is 8.22. The number of hydrogen-bond donors (Lipinski definition) is 1. The molecule has 1 N–H and O–H groups in total. The van der Waals surface area contributed by atoms with E-state index >= 15 is 0 Å². The molecule has 3 heteroatoms. The van der Waals surface area contributed by atoms with Crippen molar-refractivity contribution in [3.05, 3.63) is 35.6 Å². The Balaban J connectivity index is 2.41. The van der Waals surface area contributed by atoms with E-state index in [-0.39, 0.29) is 11.7 Å². The van der Waals surface area contributed by atoms with Gasteiger partial charge in [0.25, 0.3) is 0 Å². The molecule has 1 aromatic rings. The van der Waals surface area contributed by atoms with Crippen LogP contribution in [0.1, 0.15) is 25.3 Å². The van der Waals surface area contributed by atoms with E-state index in [1.165, 1.54) is 12.1 Å². The first-order valence-corrected chi connectivity index (χ1v) is 4.73. The number of carbonyl (C=O) groups excluding carboxylic acids is 1. The molecule has 0 atom stereocenters. The van der Waals surface area contributed by atoms with Crippen LogP contribution in [0.5, 0.6) is 0 Å². The molecule has 0 heterocycles. The Morgan fingerprint density at radius 3 is 2.93 bits per heavy atom. The third kappa shape index (κ3) is 3.56. The van der Waals surface area contributed by atoms with Crippen molar-refractivity contribution in [2.45, 2.75) is 26.3 Å². The highest BCUT2D eigenvalue weighted by Gasteiger charge is 1.99. The summed E-state index contributed by atoms with van der Waals surface area (Å²) in [6.45, 7) is 2.35. The Morgan fingerprint density at radius 2 is 2.29 bits per heavy atom. The van der Waals surface area contributed by atoms with Crippen LogP contribution in [0.15, 0.2) is 24.3 Å². The molecule has 0 radical (unpaired) electrons. The molecule has 76 valence electrons. The van der Waals surface area contributed by atoms with Crippen LogP contribution < -0.4 is 5.32 Å². The third-order valence-electron chi connectivity index (χ3n) is 1.86. The smallest absolute Gasteiger partial charge is 0.220 e. The maximum atomic E-state index is 12.7. The summed E-state index contributed by atoms with van der Waals surface area (Å²) < 4.78 is 12.7. The zero-order chi connectivity index (χ0) is 10.4. The molecule has 0 spiro atoms. The van der Waals surface area contributed by atoms with Crippen LogP contribution in [-0.4, -0.2) is 5.91 Å². The van der Waals surface area contributed by atoms with Gasteiger partial charge in [-0.25, -0.2) is 4.39 Å². The van der Waals surface area contributed by atoms with Gasteiger partial charge in [0, 0.05) is 13.0 Å². The first-order chi connectivity index (χ1) is 6.72. The molecule has 0 unspecified atom stereocenters. The SMILES string of the molecule is CCCC(=O)NCc1cccc(F)c1. The quantitative estimate of drug-likeness (QED) is 0.784. The lowest BCUT2D eigenvalue weighted by molar-refractivity contribution is -0.121. The molecule has 0 saturated carbocycles. The van der Waals surface area contributed by atoms with Gasteiger partial charge in [0.05, 0.1) is 0 Å². The lowest BCUT2D eigenvalue weighted by atomic mass is 10.2. The van der Waals surface area contributed by atoms with E-state index in [9.17, 15) is 9.18 Å². The predicted molar refractivity (Wildman–Crippen MR) is 53.2 cm³/mol. The molecule has 0 aliphatic heterocycles. The highest BCUT2D eigenvalue weighted by atomic mass is 19.1. The van der Waals surface area contributed by atoms with Crippen LogP contribution in [0.3, 0.4) is 0 Å². The number of halogens is 1. The summed E-state index contributed by atoms with van der Waals surface area (Å²) >= 11 is 0. The fraction of sp³-hybridized carbons (Fsp3) is 0.364. The minimum absolute atomic E-state index is 0.0109. The van der Waals surface area contributed by atoms with Crippen molar-refractivity contribution in [2.24, 2.45) is 0 Å². The maximum Gasteiger partial charge on any atom is 0.220 e. The number of nitrogens with one attached hydrogen (secondary N) is 1. The Morgan fingerprint density at radius 1 is 1.50 bits per heavy atom. The summed E-state index contributed by atoms with van der Waals surface area (Å²) in [6.07, 6.45) is 1.35. The highest BCUT2D eigenvalue weighted by Crippen LogP contribution is 2.02. The Bertz CT molecular complexity index is 312. The molecule has 0 aliphatic carbocycles. The second-order valence-electron chi connectivity index (χ2n) is 3.16. The van der Waals surface area contributed by atoms with Crippen LogP contribution in [0.2, 0.25) is 0 Å². The number of hydrogen-bond acceptors (Lipinski definition) is 1. The molecule has 0 aliphatic rings. The largest absolute Gasteiger partial charge is 0.352 e. The summed E-state index contributed by atoms with van der Waals surface area (Å²) in [5.74, 6) is -0.260. The Labute approximate surface area is 83.1 Å². The summed E-state index contributed by atoms with van der Waals surface area (Å²) in [5.41, 5.74) is 0.787. The molecule has 14 heavy (non-hydrogen) atoms. The Kier molecular flexibility index (Phi) is 4.11. The van der Waals surface area contributed by atoms with Crippen molar-refractivity contribution in [3.63, 3.8) is 0 Å². The molecule has 1 aromatic carbocycles. The van der Waals surface area contributed by atoms with Gasteiger partial charge in [-0.1, -0.05) is 19.1 Å². The van der Waals surface area contributed by atoms with Gasteiger partial charge < -0.3 is 5.32 Å². The van der Waals surface area contributed by atoms with Gasteiger partial charge >= 0.3 is 0 Å². The summed E-state index contributed by atoms with van der Waals surface area (Å²) in [6, 6.07) is 6.23. The average Bonchev–Trinajstić information content (AvgIpc) is 2.15.